The lowest BCUT2D eigenvalue weighted by Crippen LogP contribution is -2.59. The Morgan fingerprint density at radius 3 is 2.00 bits per heavy atom. The van der Waals surface area contributed by atoms with Gasteiger partial charge in [0.2, 0.25) is 0 Å². The Labute approximate surface area is 95.4 Å². The predicted molar refractivity (Wildman–Crippen MR) is 67.3 cm³/mol. The fraction of sp³-hybridized carbons (Fsp3) is 1.00. The molecule has 1 rings (SSSR count). The molecule has 0 amide bonds. The molecule has 1 unspecified atom stereocenters. The molecule has 1 atom stereocenters. The first kappa shape index (κ1) is 13.0. The minimum absolute atomic E-state index is 0.451. The summed E-state index contributed by atoms with van der Waals surface area (Å²) in [5.74, 6) is 0. The molecule has 1 N–H and O–H groups in total. The molecule has 1 saturated carbocycles. The Hall–Kier alpha value is -0.0800. The van der Waals surface area contributed by atoms with Crippen LogP contribution in [0, 0.1) is 0 Å². The van der Waals surface area contributed by atoms with E-state index in [9.17, 15) is 0 Å². The van der Waals surface area contributed by atoms with Crippen molar-refractivity contribution in [2.45, 2.75) is 64.5 Å². The van der Waals surface area contributed by atoms with E-state index in [1.54, 1.807) is 0 Å². The topological polar surface area (TPSA) is 15.3 Å². The molecule has 0 aliphatic heterocycles. The van der Waals surface area contributed by atoms with Gasteiger partial charge in [-0.2, -0.15) is 0 Å². The normalized spacial score (nSPS) is 22.2. The summed E-state index contributed by atoms with van der Waals surface area (Å²) < 4.78 is 0. The lowest BCUT2D eigenvalue weighted by molar-refractivity contribution is 0.0644. The van der Waals surface area contributed by atoms with Crippen molar-refractivity contribution in [3.63, 3.8) is 0 Å². The lowest BCUT2D eigenvalue weighted by atomic mass is 9.84. The van der Waals surface area contributed by atoms with Gasteiger partial charge in [-0.05, 0) is 39.4 Å². The van der Waals surface area contributed by atoms with Gasteiger partial charge in [-0.15, -0.1) is 0 Å². The van der Waals surface area contributed by atoms with E-state index in [-0.39, 0.29) is 0 Å². The van der Waals surface area contributed by atoms with Gasteiger partial charge in [0.05, 0.1) is 0 Å². The Bertz CT molecular complexity index is 151. The van der Waals surface area contributed by atoms with Crippen molar-refractivity contribution in [1.82, 2.24) is 10.2 Å². The summed E-state index contributed by atoms with van der Waals surface area (Å²) >= 11 is 0. The molecule has 0 aromatic carbocycles. The van der Waals surface area contributed by atoms with E-state index in [4.69, 9.17) is 0 Å². The van der Waals surface area contributed by atoms with Crippen LogP contribution in [0.3, 0.4) is 0 Å². The van der Waals surface area contributed by atoms with Crippen molar-refractivity contribution >= 4 is 0 Å². The van der Waals surface area contributed by atoms with Gasteiger partial charge in [-0.25, -0.2) is 0 Å². The van der Waals surface area contributed by atoms with E-state index in [1.165, 1.54) is 45.2 Å². The van der Waals surface area contributed by atoms with Crippen LogP contribution in [0.2, 0.25) is 0 Å². The Morgan fingerprint density at radius 2 is 1.67 bits per heavy atom. The van der Waals surface area contributed by atoms with Gasteiger partial charge in [0.15, 0.2) is 0 Å². The van der Waals surface area contributed by atoms with Crippen LogP contribution in [0.4, 0.5) is 0 Å². The summed E-state index contributed by atoms with van der Waals surface area (Å²) in [5.41, 5.74) is 0.451. The number of nitrogens with one attached hydrogen (secondary N) is 1. The summed E-state index contributed by atoms with van der Waals surface area (Å²) in [6, 6.07) is 0.667. The van der Waals surface area contributed by atoms with Gasteiger partial charge >= 0.3 is 0 Å². The number of likely N-dealkylation sites (N-methyl/N-ethyl adjacent to an activating group) is 2. The Kier molecular flexibility index (Phi) is 5.07. The number of nitrogens with zero attached hydrogens (tertiary/aromatic N) is 1. The van der Waals surface area contributed by atoms with Crippen molar-refractivity contribution in [3.05, 3.63) is 0 Å². The summed E-state index contributed by atoms with van der Waals surface area (Å²) in [7, 11) is 2.12. The SMILES string of the molecule is CCC(NC)C1(N(CC)CC)CCCC1. The van der Waals surface area contributed by atoms with Gasteiger partial charge in [0.25, 0.3) is 0 Å². The first-order valence-electron chi connectivity index (χ1n) is 6.67. The number of hydrogen-bond acceptors (Lipinski definition) is 2. The monoisotopic (exact) mass is 212 g/mol. The Morgan fingerprint density at radius 1 is 1.13 bits per heavy atom. The van der Waals surface area contributed by atoms with E-state index < -0.39 is 0 Å². The first-order valence-corrected chi connectivity index (χ1v) is 6.67. The second kappa shape index (κ2) is 5.86. The van der Waals surface area contributed by atoms with Crippen LogP contribution in [-0.2, 0) is 0 Å². The summed E-state index contributed by atoms with van der Waals surface area (Å²) in [6.45, 7) is 9.28. The molecule has 0 bridgehead atoms. The van der Waals surface area contributed by atoms with Crippen LogP contribution in [-0.4, -0.2) is 36.6 Å². The minimum atomic E-state index is 0.451. The van der Waals surface area contributed by atoms with Crippen molar-refractivity contribution in [1.29, 1.82) is 0 Å². The molecule has 0 radical (unpaired) electrons. The summed E-state index contributed by atoms with van der Waals surface area (Å²) in [6.07, 6.45) is 6.83. The van der Waals surface area contributed by atoms with E-state index >= 15 is 0 Å². The zero-order chi connectivity index (χ0) is 11.3. The van der Waals surface area contributed by atoms with Gasteiger partial charge in [0.1, 0.15) is 0 Å². The third kappa shape index (κ3) is 2.36. The molecule has 0 heterocycles. The summed E-state index contributed by atoms with van der Waals surface area (Å²) in [5, 5.41) is 3.54. The third-order valence-electron chi connectivity index (χ3n) is 4.27. The van der Waals surface area contributed by atoms with Crippen LogP contribution in [0.15, 0.2) is 0 Å². The highest BCUT2D eigenvalue weighted by atomic mass is 15.2. The van der Waals surface area contributed by atoms with Crippen molar-refractivity contribution in [2.24, 2.45) is 0 Å². The largest absolute Gasteiger partial charge is 0.315 e. The predicted octanol–water partition coefficient (Wildman–Crippen LogP) is 2.64. The van der Waals surface area contributed by atoms with E-state index in [0.29, 0.717) is 11.6 Å². The smallest absolute Gasteiger partial charge is 0.0362 e. The highest BCUT2D eigenvalue weighted by Crippen LogP contribution is 2.38. The van der Waals surface area contributed by atoms with Gasteiger partial charge in [-0.3, -0.25) is 4.90 Å². The molecule has 15 heavy (non-hydrogen) atoms. The highest BCUT2D eigenvalue weighted by molar-refractivity contribution is 5.02. The van der Waals surface area contributed by atoms with Crippen molar-refractivity contribution in [2.75, 3.05) is 20.1 Å². The standard InChI is InChI=1S/C13H28N2/c1-5-12(14-4)13(10-8-9-11-13)15(6-2)7-3/h12,14H,5-11H2,1-4H3. The fourth-order valence-corrected chi connectivity index (χ4v) is 3.58. The molecule has 1 fully saturated rings. The molecule has 2 nitrogen and oxygen atoms in total. The van der Waals surface area contributed by atoms with Crippen LogP contribution >= 0.6 is 0 Å². The quantitative estimate of drug-likeness (QED) is 0.728. The zero-order valence-corrected chi connectivity index (χ0v) is 11.0. The Balaban J connectivity index is 2.85. The van der Waals surface area contributed by atoms with E-state index in [2.05, 4.69) is 38.0 Å². The lowest BCUT2D eigenvalue weighted by Gasteiger charge is -2.46. The van der Waals surface area contributed by atoms with Gasteiger partial charge < -0.3 is 5.32 Å². The van der Waals surface area contributed by atoms with Gasteiger partial charge in [0, 0.05) is 11.6 Å². The molecule has 1 aliphatic rings. The molecule has 2 heteroatoms. The fourth-order valence-electron chi connectivity index (χ4n) is 3.58. The number of rotatable bonds is 6. The maximum absolute atomic E-state index is 3.54. The highest BCUT2D eigenvalue weighted by Gasteiger charge is 2.43. The molecule has 0 aromatic heterocycles. The van der Waals surface area contributed by atoms with E-state index in [0.717, 1.165) is 0 Å². The molecule has 0 saturated heterocycles. The third-order valence-corrected chi connectivity index (χ3v) is 4.27. The molecule has 0 spiro atoms. The molecule has 90 valence electrons. The first-order chi connectivity index (χ1) is 7.25. The van der Waals surface area contributed by atoms with Crippen LogP contribution in [0.1, 0.15) is 52.9 Å². The second-order valence-corrected chi connectivity index (χ2v) is 4.73. The zero-order valence-electron chi connectivity index (χ0n) is 11.0. The molecular weight excluding hydrogens is 184 g/mol. The van der Waals surface area contributed by atoms with Crippen molar-refractivity contribution in [3.8, 4) is 0 Å². The maximum atomic E-state index is 3.54. The average Bonchev–Trinajstić information content (AvgIpc) is 2.72. The molecule has 0 aromatic rings. The maximum Gasteiger partial charge on any atom is 0.0362 e. The molecule has 1 aliphatic carbocycles. The van der Waals surface area contributed by atoms with Crippen LogP contribution < -0.4 is 5.32 Å². The molecular formula is C13H28N2. The number of hydrogen-bond donors (Lipinski definition) is 1. The van der Waals surface area contributed by atoms with Crippen LogP contribution in [0.5, 0.6) is 0 Å². The average molecular weight is 212 g/mol. The minimum Gasteiger partial charge on any atom is -0.315 e. The van der Waals surface area contributed by atoms with Crippen LogP contribution in [0.25, 0.3) is 0 Å². The summed E-state index contributed by atoms with van der Waals surface area (Å²) in [4.78, 5) is 2.69. The van der Waals surface area contributed by atoms with E-state index in [1.807, 2.05) is 0 Å². The van der Waals surface area contributed by atoms with Crippen molar-refractivity contribution < 1.29 is 0 Å². The van der Waals surface area contributed by atoms with Gasteiger partial charge in [-0.1, -0.05) is 33.6 Å². The second-order valence-electron chi connectivity index (χ2n) is 4.73.